The zero-order valence-corrected chi connectivity index (χ0v) is 10.6. The summed E-state index contributed by atoms with van der Waals surface area (Å²) in [5, 5.41) is 0.517. The number of aromatic nitrogens is 3. The Bertz CT molecular complexity index is 832. The van der Waals surface area contributed by atoms with E-state index < -0.39 is 0 Å². The van der Waals surface area contributed by atoms with E-state index in [1.165, 1.54) is 12.4 Å². The molecule has 1 N–H and O–H groups in total. The minimum absolute atomic E-state index is 0.180. The molecule has 0 spiro atoms. The number of rotatable bonds is 1. The monoisotopic (exact) mass is 257 g/mol. The maximum atomic E-state index is 13.5. The molecule has 96 valence electrons. The fourth-order valence-corrected chi connectivity index (χ4v) is 2.19. The molecule has 0 saturated carbocycles. The summed E-state index contributed by atoms with van der Waals surface area (Å²) >= 11 is 0. The lowest BCUT2D eigenvalue weighted by Gasteiger charge is -2.11. The van der Waals surface area contributed by atoms with E-state index in [0.717, 1.165) is 11.3 Å². The minimum Gasteiger partial charge on any atom is -0.313 e. The Morgan fingerprint density at radius 1 is 1.21 bits per heavy atom. The summed E-state index contributed by atoms with van der Waals surface area (Å²) in [5.41, 5.74) is 2.65. The van der Waals surface area contributed by atoms with Gasteiger partial charge in [0.25, 0.3) is 5.56 Å². The molecule has 0 aliphatic carbocycles. The highest BCUT2D eigenvalue weighted by molar-refractivity contribution is 5.77. The maximum Gasteiger partial charge on any atom is 0.260 e. The van der Waals surface area contributed by atoms with Gasteiger partial charge in [0.1, 0.15) is 5.82 Å². The number of hydrogen-bond acceptors (Lipinski definition) is 2. The number of fused-ring (bicyclic) bond motifs is 1. The molecule has 0 amide bonds. The van der Waals surface area contributed by atoms with Crippen LogP contribution in [0.5, 0.6) is 0 Å². The van der Waals surface area contributed by atoms with Crippen molar-refractivity contribution in [3.05, 3.63) is 58.0 Å². The van der Waals surface area contributed by atoms with Crippen molar-refractivity contribution in [2.75, 3.05) is 0 Å². The van der Waals surface area contributed by atoms with E-state index in [4.69, 9.17) is 0 Å². The summed E-state index contributed by atoms with van der Waals surface area (Å²) in [5.74, 6) is -0.233. The van der Waals surface area contributed by atoms with Crippen LogP contribution >= 0.6 is 0 Å². The van der Waals surface area contributed by atoms with E-state index in [0.29, 0.717) is 16.6 Å². The molecule has 19 heavy (non-hydrogen) atoms. The Labute approximate surface area is 108 Å². The van der Waals surface area contributed by atoms with Crippen LogP contribution in [0.4, 0.5) is 4.39 Å². The molecule has 0 unspecified atom stereocenters. The summed E-state index contributed by atoms with van der Waals surface area (Å²) in [4.78, 5) is 18.4. The first-order valence-corrected chi connectivity index (χ1v) is 5.90. The molecule has 0 bridgehead atoms. The van der Waals surface area contributed by atoms with Gasteiger partial charge in [0.2, 0.25) is 0 Å². The quantitative estimate of drug-likeness (QED) is 0.728. The second-order valence-corrected chi connectivity index (χ2v) is 4.47. The first kappa shape index (κ1) is 11.6. The Hall–Kier alpha value is -2.43. The first-order chi connectivity index (χ1) is 9.09. The number of nitrogens with zero attached hydrogens (tertiary/aromatic N) is 2. The van der Waals surface area contributed by atoms with Crippen molar-refractivity contribution in [2.24, 2.45) is 0 Å². The Morgan fingerprint density at radius 2 is 2.00 bits per heavy atom. The van der Waals surface area contributed by atoms with Crippen molar-refractivity contribution in [1.29, 1.82) is 0 Å². The van der Waals surface area contributed by atoms with E-state index in [2.05, 4.69) is 9.97 Å². The Kier molecular flexibility index (Phi) is 2.48. The van der Waals surface area contributed by atoms with Gasteiger partial charge in [-0.2, -0.15) is 0 Å². The summed E-state index contributed by atoms with van der Waals surface area (Å²) in [7, 11) is 0. The van der Waals surface area contributed by atoms with Crippen molar-refractivity contribution in [3.63, 3.8) is 0 Å². The van der Waals surface area contributed by atoms with Crippen LogP contribution in [0.1, 0.15) is 11.1 Å². The van der Waals surface area contributed by atoms with Crippen LogP contribution in [0.3, 0.4) is 0 Å². The standard InChI is InChI=1S/C14H12FN3O/c1-8-9(2)12(4-3-11(8)15)18-6-5-10-13(18)16-7-17-14(10)19/h3-7H,1-2H3,(H,16,17,19). The largest absolute Gasteiger partial charge is 0.313 e. The Morgan fingerprint density at radius 3 is 2.79 bits per heavy atom. The predicted octanol–water partition coefficient (Wildman–Crippen LogP) is 2.47. The number of benzene rings is 1. The van der Waals surface area contributed by atoms with Gasteiger partial charge in [-0.3, -0.25) is 4.79 Å². The highest BCUT2D eigenvalue weighted by Crippen LogP contribution is 2.23. The number of H-pyrrole nitrogens is 1. The molecule has 5 heteroatoms. The molecule has 1 aromatic carbocycles. The van der Waals surface area contributed by atoms with Crippen molar-refractivity contribution < 1.29 is 4.39 Å². The van der Waals surface area contributed by atoms with E-state index in [1.54, 1.807) is 29.8 Å². The number of aromatic amines is 1. The van der Waals surface area contributed by atoms with Crippen molar-refractivity contribution in [1.82, 2.24) is 14.5 Å². The SMILES string of the molecule is Cc1c(F)ccc(-n2ccc3c(=O)[nH]cnc32)c1C. The van der Waals surface area contributed by atoms with E-state index >= 15 is 0 Å². The lowest BCUT2D eigenvalue weighted by molar-refractivity contribution is 0.616. The van der Waals surface area contributed by atoms with Gasteiger partial charge in [0.15, 0.2) is 5.65 Å². The normalized spacial score (nSPS) is 11.1. The summed E-state index contributed by atoms with van der Waals surface area (Å²) < 4.78 is 15.3. The Balaban J connectivity index is 2.35. The minimum atomic E-state index is -0.233. The van der Waals surface area contributed by atoms with Crippen LogP contribution in [0.25, 0.3) is 16.7 Å². The summed E-state index contributed by atoms with van der Waals surface area (Å²) in [6, 6.07) is 4.83. The summed E-state index contributed by atoms with van der Waals surface area (Å²) in [6.45, 7) is 3.59. The number of hydrogen-bond donors (Lipinski definition) is 1. The van der Waals surface area contributed by atoms with E-state index in [-0.39, 0.29) is 11.4 Å². The fourth-order valence-electron chi connectivity index (χ4n) is 2.19. The van der Waals surface area contributed by atoms with Crippen LogP contribution in [0.2, 0.25) is 0 Å². The lowest BCUT2D eigenvalue weighted by atomic mass is 10.1. The second kappa shape index (κ2) is 4.05. The van der Waals surface area contributed by atoms with Crippen LogP contribution in [-0.2, 0) is 0 Å². The molecule has 2 aromatic heterocycles. The predicted molar refractivity (Wildman–Crippen MR) is 71.1 cm³/mol. The highest BCUT2D eigenvalue weighted by Gasteiger charge is 2.11. The zero-order valence-electron chi connectivity index (χ0n) is 10.6. The third kappa shape index (κ3) is 1.66. The molecular weight excluding hydrogens is 245 g/mol. The first-order valence-electron chi connectivity index (χ1n) is 5.90. The molecule has 0 fully saturated rings. The van der Waals surface area contributed by atoms with Gasteiger partial charge in [0, 0.05) is 6.20 Å². The van der Waals surface area contributed by atoms with Gasteiger partial charge >= 0.3 is 0 Å². The number of nitrogens with one attached hydrogen (secondary N) is 1. The van der Waals surface area contributed by atoms with Gasteiger partial charge < -0.3 is 9.55 Å². The van der Waals surface area contributed by atoms with E-state index in [9.17, 15) is 9.18 Å². The smallest absolute Gasteiger partial charge is 0.260 e. The van der Waals surface area contributed by atoms with Crippen LogP contribution in [0.15, 0.2) is 35.5 Å². The van der Waals surface area contributed by atoms with Crippen LogP contribution in [-0.4, -0.2) is 14.5 Å². The molecule has 2 heterocycles. The van der Waals surface area contributed by atoms with Gasteiger partial charge in [0.05, 0.1) is 17.4 Å². The van der Waals surface area contributed by atoms with Gasteiger partial charge in [-0.1, -0.05) is 0 Å². The number of halogens is 1. The molecule has 0 atom stereocenters. The topological polar surface area (TPSA) is 50.7 Å². The molecule has 0 aliphatic heterocycles. The second-order valence-electron chi connectivity index (χ2n) is 4.47. The average Bonchev–Trinajstić information content (AvgIpc) is 2.82. The zero-order chi connectivity index (χ0) is 13.6. The van der Waals surface area contributed by atoms with Crippen LogP contribution < -0.4 is 5.56 Å². The maximum absolute atomic E-state index is 13.5. The summed E-state index contributed by atoms with van der Waals surface area (Å²) in [6.07, 6.45) is 3.14. The molecule has 0 radical (unpaired) electrons. The van der Waals surface area contributed by atoms with Crippen molar-refractivity contribution in [2.45, 2.75) is 13.8 Å². The van der Waals surface area contributed by atoms with Gasteiger partial charge in [-0.25, -0.2) is 9.37 Å². The molecular formula is C14H12FN3O. The molecule has 0 saturated heterocycles. The average molecular weight is 257 g/mol. The molecule has 3 aromatic rings. The third-order valence-electron chi connectivity index (χ3n) is 3.44. The van der Waals surface area contributed by atoms with Crippen molar-refractivity contribution >= 4 is 11.0 Å². The van der Waals surface area contributed by atoms with Crippen molar-refractivity contribution in [3.8, 4) is 5.69 Å². The molecule has 4 nitrogen and oxygen atoms in total. The van der Waals surface area contributed by atoms with Crippen LogP contribution in [0, 0.1) is 19.7 Å². The highest BCUT2D eigenvalue weighted by atomic mass is 19.1. The van der Waals surface area contributed by atoms with Gasteiger partial charge in [-0.05, 0) is 43.2 Å². The fraction of sp³-hybridized carbons (Fsp3) is 0.143. The van der Waals surface area contributed by atoms with E-state index in [1.807, 2.05) is 6.92 Å². The lowest BCUT2D eigenvalue weighted by Crippen LogP contribution is -2.07. The van der Waals surface area contributed by atoms with Gasteiger partial charge in [-0.15, -0.1) is 0 Å². The third-order valence-corrected chi connectivity index (χ3v) is 3.44. The molecule has 0 aliphatic rings. The molecule has 3 rings (SSSR count).